The van der Waals surface area contributed by atoms with Gasteiger partial charge in [0.2, 0.25) is 0 Å². The summed E-state index contributed by atoms with van der Waals surface area (Å²) in [5.74, 6) is -0.275. The summed E-state index contributed by atoms with van der Waals surface area (Å²) in [6.07, 6.45) is 3.95. The molecular formula is C17H15FN4OS. The fourth-order valence-corrected chi connectivity index (χ4v) is 2.86. The van der Waals surface area contributed by atoms with Gasteiger partial charge in [-0.25, -0.2) is 14.2 Å². The van der Waals surface area contributed by atoms with Crippen molar-refractivity contribution in [3.8, 4) is 11.3 Å². The summed E-state index contributed by atoms with van der Waals surface area (Å²) in [4.78, 5) is 20.2. The maximum atomic E-state index is 13.1. The molecular weight excluding hydrogens is 327 g/mol. The lowest BCUT2D eigenvalue weighted by Crippen LogP contribution is -2.30. The van der Waals surface area contributed by atoms with Crippen LogP contribution in [0.2, 0.25) is 0 Å². The molecule has 7 heteroatoms. The zero-order valence-corrected chi connectivity index (χ0v) is 13.5. The topological polar surface area (TPSA) is 66.9 Å². The summed E-state index contributed by atoms with van der Waals surface area (Å²) in [7, 11) is 0. The Balaban J connectivity index is 1.49. The van der Waals surface area contributed by atoms with Gasteiger partial charge in [-0.3, -0.25) is 10.3 Å². The third kappa shape index (κ3) is 4.36. The Labute approximate surface area is 142 Å². The standard InChI is InChI=1S/C17H15FN4OS/c18-14-3-1-2-12(10-14)4-9-20-16(23)22-17-21-15(11-24-17)13-5-7-19-8-6-13/h1-3,5-8,10-11H,4,9H2,(H2,20,21,22,23). The molecule has 2 heterocycles. The number of urea groups is 1. The minimum atomic E-state index is -0.331. The Hall–Kier alpha value is -2.80. The molecule has 0 saturated carbocycles. The van der Waals surface area contributed by atoms with Crippen molar-refractivity contribution in [2.75, 3.05) is 11.9 Å². The van der Waals surface area contributed by atoms with Crippen LogP contribution >= 0.6 is 11.3 Å². The second kappa shape index (κ2) is 7.65. The van der Waals surface area contributed by atoms with Gasteiger partial charge < -0.3 is 5.32 Å². The number of aromatic nitrogens is 2. The second-order valence-electron chi connectivity index (χ2n) is 5.03. The van der Waals surface area contributed by atoms with E-state index in [0.717, 1.165) is 16.8 Å². The van der Waals surface area contributed by atoms with Gasteiger partial charge in [-0.15, -0.1) is 11.3 Å². The smallest absolute Gasteiger partial charge is 0.321 e. The van der Waals surface area contributed by atoms with Gasteiger partial charge in [0.1, 0.15) is 5.82 Å². The highest BCUT2D eigenvalue weighted by atomic mass is 32.1. The molecule has 3 rings (SSSR count). The van der Waals surface area contributed by atoms with Gasteiger partial charge in [0.25, 0.3) is 0 Å². The average molecular weight is 342 g/mol. The van der Waals surface area contributed by atoms with Crippen molar-refractivity contribution >= 4 is 22.5 Å². The van der Waals surface area contributed by atoms with Crippen molar-refractivity contribution < 1.29 is 9.18 Å². The molecule has 0 aliphatic heterocycles. The monoisotopic (exact) mass is 342 g/mol. The molecule has 0 bridgehead atoms. The lowest BCUT2D eigenvalue weighted by Gasteiger charge is -2.05. The fourth-order valence-electron chi connectivity index (χ4n) is 2.14. The predicted octanol–water partition coefficient (Wildman–Crippen LogP) is 3.71. The van der Waals surface area contributed by atoms with Gasteiger partial charge in [-0.05, 0) is 36.2 Å². The maximum absolute atomic E-state index is 13.1. The Morgan fingerprint density at radius 1 is 1.21 bits per heavy atom. The van der Waals surface area contributed by atoms with Gasteiger partial charge in [-0.2, -0.15) is 0 Å². The minimum Gasteiger partial charge on any atom is -0.337 e. The van der Waals surface area contributed by atoms with Crippen LogP contribution in [0.25, 0.3) is 11.3 Å². The molecule has 122 valence electrons. The Morgan fingerprint density at radius 2 is 2.04 bits per heavy atom. The molecule has 0 unspecified atom stereocenters. The Morgan fingerprint density at radius 3 is 2.83 bits per heavy atom. The normalized spacial score (nSPS) is 10.4. The molecule has 2 aromatic heterocycles. The molecule has 0 spiro atoms. The van der Waals surface area contributed by atoms with Crippen molar-refractivity contribution in [3.05, 3.63) is 65.6 Å². The minimum absolute atomic E-state index is 0.275. The highest BCUT2D eigenvalue weighted by Gasteiger charge is 2.07. The van der Waals surface area contributed by atoms with Gasteiger partial charge in [0.05, 0.1) is 5.69 Å². The summed E-state index contributed by atoms with van der Waals surface area (Å²) < 4.78 is 13.1. The molecule has 1 aromatic carbocycles. The number of hydrogen-bond donors (Lipinski definition) is 2. The van der Waals surface area contributed by atoms with Crippen molar-refractivity contribution in [1.82, 2.24) is 15.3 Å². The molecule has 24 heavy (non-hydrogen) atoms. The van der Waals surface area contributed by atoms with E-state index < -0.39 is 0 Å². The number of halogens is 1. The number of carbonyl (C=O) groups excluding carboxylic acids is 1. The van der Waals surface area contributed by atoms with Crippen LogP contribution in [0.1, 0.15) is 5.56 Å². The third-order valence-corrected chi connectivity index (χ3v) is 4.05. The van der Waals surface area contributed by atoms with Crippen LogP contribution in [-0.4, -0.2) is 22.5 Å². The van der Waals surface area contributed by atoms with Gasteiger partial charge in [0, 0.05) is 29.9 Å². The maximum Gasteiger partial charge on any atom is 0.321 e. The van der Waals surface area contributed by atoms with E-state index in [-0.39, 0.29) is 11.8 Å². The zero-order valence-electron chi connectivity index (χ0n) is 12.7. The Bertz CT molecular complexity index is 822. The largest absolute Gasteiger partial charge is 0.337 e. The SMILES string of the molecule is O=C(NCCc1cccc(F)c1)Nc1nc(-c2ccncc2)cs1. The number of rotatable bonds is 5. The molecule has 5 nitrogen and oxygen atoms in total. The quantitative estimate of drug-likeness (QED) is 0.743. The summed E-state index contributed by atoms with van der Waals surface area (Å²) in [6, 6.07) is 9.72. The molecule has 0 saturated heterocycles. The highest BCUT2D eigenvalue weighted by molar-refractivity contribution is 7.14. The summed E-state index contributed by atoms with van der Waals surface area (Å²) in [5.41, 5.74) is 2.57. The van der Waals surface area contributed by atoms with E-state index in [9.17, 15) is 9.18 Å². The lowest BCUT2D eigenvalue weighted by atomic mass is 10.1. The second-order valence-corrected chi connectivity index (χ2v) is 5.89. The molecule has 0 aliphatic carbocycles. The van der Waals surface area contributed by atoms with E-state index >= 15 is 0 Å². The third-order valence-electron chi connectivity index (χ3n) is 3.29. The van der Waals surface area contributed by atoms with E-state index in [1.807, 2.05) is 23.6 Å². The summed E-state index contributed by atoms with van der Waals surface area (Å²) >= 11 is 1.35. The first-order valence-corrected chi connectivity index (χ1v) is 8.24. The zero-order chi connectivity index (χ0) is 16.8. The van der Waals surface area contributed by atoms with Crippen LogP contribution in [0.3, 0.4) is 0 Å². The van der Waals surface area contributed by atoms with Crippen LogP contribution in [-0.2, 0) is 6.42 Å². The van der Waals surface area contributed by atoms with E-state index in [2.05, 4.69) is 20.6 Å². The number of anilines is 1. The lowest BCUT2D eigenvalue weighted by molar-refractivity contribution is 0.252. The number of nitrogens with one attached hydrogen (secondary N) is 2. The number of pyridine rings is 1. The number of nitrogens with zero attached hydrogens (tertiary/aromatic N) is 2. The number of amides is 2. The van der Waals surface area contributed by atoms with E-state index in [1.54, 1.807) is 18.5 Å². The number of benzene rings is 1. The molecule has 0 atom stereocenters. The first-order valence-electron chi connectivity index (χ1n) is 7.36. The number of hydrogen-bond acceptors (Lipinski definition) is 4. The van der Waals surface area contributed by atoms with Gasteiger partial charge >= 0.3 is 6.03 Å². The predicted molar refractivity (Wildman–Crippen MR) is 92.5 cm³/mol. The van der Waals surface area contributed by atoms with Crippen LogP contribution in [0.4, 0.5) is 14.3 Å². The molecule has 0 fully saturated rings. The van der Waals surface area contributed by atoms with Crippen LogP contribution in [0, 0.1) is 5.82 Å². The average Bonchev–Trinajstić information content (AvgIpc) is 3.04. The molecule has 3 aromatic rings. The van der Waals surface area contributed by atoms with Crippen LogP contribution in [0.15, 0.2) is 54.2 Å². The molecule has 0 radical (unpaired) electrons. The molecule has 2 amide bonds. The fraction of sp³-hybridized carbons (Fsp3) is 0.118. The van der Waals surface area contributed by atoms with Crippen LogP contribution in [0.5, 0.6) is 0 Å². The molecule has 0 aliphatic rings. The van der Waals surface area contributed by atoms with Crippen molar-refractivity contribution in [2.45, 2.75) is 6.42 Å². The number of carbonyl (C=O) groups is 1. The van der Waals surface area contributed by atoms with Gasteiger partial charge in [0.15, 0.2) is 5.13 Å². The van der Waals surface area contributed by atoms with E-state index in [4.69, 9.17) is 0 Å². The first kappa shape index (κ1) is 16.1. The summed E-state index contributed by atoms with van der Waals surface area (Å²) in [5, 5.41) is 7.82. The van der Waals surface area contributed by atoms with Gasteiger partial charge in [-0.1, -0.05) is 12.1 Å². The van der Waals surface area contributed by atoms with E-state index in [0.29, 0.717) is 18.1 Å². The molecule has 2 N–H and O–H groups in total. The van der Waals surface area contributed by atoms with E-state index in [1.165, 1.54) is 23.5 Å². The van der Waals surface area contributed by atoms with Crippen molar-refractivity contribution in [2.24, 2.45) is 0 Å². The highest BCUT2D eigenvalue weighted by Crippen LogP contribution is 2.24. The summed E-state index contributed by atoms with van der Waals surface area (Å²) in [6.45, 7) is 0.415. The number of thiazole rings is 1. The first-order chi connectivity index (χ1) is 11.7. The van der Waals surface area contributed by atoms with Crippen molar-refractivity contribution in [3.63, 3.8) is 0 Å². The Kier molecular flexibility index (Phi) is 5.12. The van der Waals surface area contributed by atoms with Crippen LogP contribution < -0.4 is 10.6 Å². The van der Waals surface area contributed by atoms with Crippen molar-refractivity contribution in [1.29, 1.82) is 0 Å².